The fourth-order valence-electron chi connectivity index (χ4n) is 3.82. The Hall–Kier alpha value is -4.16. The van der Waals surface area contributed by atoms with Gasteiger partial charge >= 0.3 is 0 Å². The molecule has 2 amide bonds. The molecule has 2 N–H and O–H groups in total. The van der Waals surface area contributed by atoms with Crippen molar-refractivity contribution in [3.05, 3.63) is 129 Å². The van der Waals surface area contributed by atoms with Crippen LogP contribution in [-0.4, -0.2) is 22.4 Å². The number of aromatic nitrogens is 1. The summed E-state index contributed by atoms with van der Waals surface area (Å²) in [6, 6.07) is 26.7. The molecule has 182 valence electrons. The van der Waals surface area contributed by atoms with Crippen LogP contribution in [0.5, 0.6) is 0 Å². The normalized spacial score (nSPS) is 11.5. The number of carbonyl (C=O) groups excluding carboxylic acids is 2. The number of carbonyl (C=O) groups is 2. The van der Waals surface area contributed by atoms with Crippen molar-refractivity contribution in [2.75, 3.05) is 5.32 Å². The second kappa shape index (κ2) is 11.5. The van der Waals surface area contributed by atoms with Crippen molar-refractivity contribution in [3.8, 4) is 5.69 Å². The fourth-order valence-corrected chi connectivity index (χ4v) is 4.04. The molecule has 0 saturated carbocycles. The number of amides is 2. The molecule has 1 aromatic heterocycles. The molecule has 1 unspecified atom stereocenters. The predicted molar refractivity (Wildman–Crippen MR) is 143 cm³/mol. The minimum Gasteiger partial charge on any atom is -0.349 e. The molecular formula is C29H26ClN3O3. The van der Waals surface area contributed by atoms with Gasteiger partial charge in [-0.3, -0.25) is 19.0 Å². The second-order valence-electron chi connectivity index (χ2n) is 8.48. The van der Waals surface area contributed by atoms with Crippen LogP contribution in [0.15, 0.2) is 102 Å². The zero-order valence-corrected chi connectivity index (χ0v) is 20.5. The zero-order valence-electron chi connectivity index (χ0n) is 19.8. The number of nitrogens with one attached hydrogen (secondary N) is 2. The average Bonchev–Trinajstić information content (AvgIpc) is 2.89. The van der Waals surface area contributed by atoms with E-state index in [1.807, 2.05) is 25.1 Å². The number of aryl methyl sites for hydroxylation is 1. The van der Waals surface area contributed by atoms with Gasteiger partial charge in [0.1, 0.15) is 5.56 Å². The Morgan fingerprint density at radius 1 is 0.833 bits per heavy atom. The van der Waals surface area contributed by atoms with Crippen LogP contribution in [0.4, 0.5) is 5.69 Å². The van der Waals surface area contributed by atoms with Crippen molar-refractivity contribution >= 4 is 29.1 Å². The standard InChI is InChI=1S/C29H26ClN3O3/c1-20(13-14-21-8-3-2-4-9-21)31-28(35)25-11-7-19-33(29(25)36)23-17-15-22(16-18-23)32-27(34)24-10-5-6-12-26(24)30/h2-12,15-20H,13-14H2,1H3,(H,31,35)(H,32,34). The number of pyridine rings is 1. The van der Waals surface area contributed by atoms with E-state index in [0.717, 1.165) is 12.8 Å². The second-order valence-corrected chi connectivity index (χ2v) is 8.88. The van der Waals surface area contributed by atoms with Crippen molar-refractivity contribution in [1.29, 1.82) is 0 Å². The molecule has 0 aliphatic heterocycles. The van der Waals surface area contributed by atoms with Crippen molar-refractivity contribution in [1.82, 2.24) is 9.88 Å². The summed E-state index contributed by atoms with van der Waals surface area (Å²) in [5, 5.41) is 6.08. The van der Waals surface area contributed by atoms with E-state index in [2.05, 4.69) is 22.8 Å². The molecule has 1 atom stereocenters. The van der Waals surface area contributed by atoms with Crippen LogP contribution < -0.4 is 16.2 Å². The third-order valence-corrected chi connectivity index (χ3v) is 6.13. The first kappa shape index (κ1) is 24.9. The molecule has 4 rings (SSSR count). The highest BCUT2D eigenvalue weighted by atomic mass is 35.5. The largest absolute Gasteiger partial charge is 0.349 e. The highest BCUT2D eigenvalue weighted by molar-refractivity contribution is 6.34. The maximum Gasteiger partial charge on any atom is 0.267 e. The topological polar surface area (TPSA) is 80.2 Å². The average molecular weight is 500 g/mol. The van der Waals surface area contributed by atoms with Crippen LogP contribution in [-0.2, 0) is 6.42 Å². The summed E-state index contributed by atoms with van der Waals surface area (Å²) in [5.41, 5.74) is 2.35. The number of hydrogen-bond donors (Lipinski definition) is 2. The molecule has 0 fully saturated rings. The maximum absolute atomic E-state index is 13.1. The first-order valence-electron chi connectivity index (χ1n) is 11.6. The molecule has 36 heavy (non-hydrogen) atoms. The molecule has 1 heterocycles. The number of anilines is 1. The van der Waals surface area contributed by atoms with Crippen molar-refractivity contribution < 1.29 is 9.59 Å². The van der Waals surface area contributed by atoms with E-state index in [4.69, 9.17) is 11.6 Å². The van der Waals surface area contributed by atoms with Gasteiger partial charge in [0.15, 0.2) is 0 Å². The molecule has 0 bridgehead atoms. The summed E-state index contributed by atoms with van der Waals surface area (Å²) >= 11 is 6.09. The van der Waals surface area contributed by atoms with Crippen LogP contribution in [0, 0.1) is 0 Å². The van der Waals surface area contributed by atoms with Crippen LogP contribution in [0.25, 0.3) is 5.69 Å². The number of benzene rings is 3. The van der Waals surface area contributed by atoms with E-state index in [-0.39, 0.29) is 17.5 Å². The molecular weight excluding hydrogens is 474 g/mol. The fraction of sp³-hybridized carbons (Fsp3) is 0.138. The first-order chi connectivity index (χ1) is 17.4. The molecule has 6 nitrogen and oxygen atoms in total. The summed E-state index contributed by atoms with van der Waals surface area (Å²) in [7, 11) is 0. The summed E-state index contributed by atoms with van der Waals surface area (Å²) in [6.07, 6.45) is 3.20. The molecule has 0 radical (unpaired) electrons. The van der Waals surface area contributed by atoms with E-state index in [0.29, 0.717) is 22.0 Å². The molecule has 0 spiro atoms. The third-order valence-electron chi connectivity index (χ3n) is 5.80. The van der Waals surface area contributed by atoms with Gasteiger partial charge in [-0.1, -0.05) is 54.1 Å². The molecule has 3 aromatic carbocycles. The molecule has 0 aliphatic rings. The monoisotopic (exact) mass is 499 g/mol. The minimum atomic E-state index is -0.418. The Morgan fingerprint density at radius 2 is 1.50 bits per heavy atom. The first-order valence-corrected chi connectivity index (χ1v) is 12.0. The van der Waals surface area contributed by atoms with E-state index in [1.165, 1.54) is 16.2 Å². The summed E-state index contributed by atoms with van der Waals surface area (Å²) in [6.45, 7) is 1.93. The lowest BCUT2D eigenvalue weighted by molar-refractivity contribution is 0.0936. The number of nitrogens with zero attached hydrogens (tertiary/aromatic N) is 1. The van der Waals surface area contributed by atoms with Crippen molar-refractivity contribution in [2.45, 2.75) is 25.8 Å². The summed E-state index contributed by atoms with van der Waals surface area (Å²) in [4.78, 5) is 38.4. The van der Waals surface area contributed by atoms with Crippen LogP contribution in [0.3, 0.4) is 0 Å². The van der Waals surface area contributed by atoms with Gasteiger partial charge < -0.3 is 10.6 Å². The highest BCUT2D eigenvalue weighted by Crippen LogP contribution is 2.18. The minimum absolute atomic E-state index is 0.0696. The Kier molecular flexibility index (Phi) is 7.98. The van der Waals surface area contributed by atoms with Gasteiger partial charge in [0.2, 0.25) is 0 Å². The smallest absolute Gasteiger partial charge is 0.267 e. The van der Waals surface area contributed by atoms with Gasteiger partial charge in [0.05, 0.1) is 10.6 Å². The van der Waals surface area contributed by atoms with Crippen LogP contribution in [0.1, 0.15) is 39.6 Å². The molecule has 0 aliphatic carbocycles. The summed E-state index contributed by atoms with van der Waals surface area (Å²) in [5.74, 6) is -0.732. The third kappa shape index (κ3) is 6.09. The lowest BCUT2D eigenvalue weighted by Gasteiger charge is -2.15. The van der Waals surface area contributed by atoms with Gasteiger partial charge in [-0.25, -0.2) is 0 Å². The number of halogens is 1. The lowest BCUT2D eigenvalue weighted by atomic mass is 10.1. The maximum atomic E-state index is 13.1. The van der Waals surface area contributed by atoms with E-state index < -0.39 is 11.5 Å². The number of hydrogen-bond acceptors (Lipinski definition) is 3. The Bertz CT molecular complexity index is 1420. The van der Waals surface area contributed by atoms with E-state index >= 15 is 0 Å². The van der Waals surface area contributed by atoms with Crippen LogP contribution >= 0.6 is 11.6 Å². The van der Waals surface area contributed by atoms with E-state index in [9.17, 15) is 14.4 Å². The lowest BCUT2D eigenvalue weighted by Crippen LogP contribution is -2.37. The Balaban J connectivity index is 1.43. The van der Waals surface area contributed by atoms with Crippen LogP contribution in [0.2, 0.25) is 5.02 Å². The molecule has 4 aromatic rings. The molecule has 0 saturated heterocycles. The summed E-state index contributed by atoms with van der Waals surface area (Å²) < 4.78 is 1.41. The SMILES string of the molecule is CC(CCc1ccccc1)NC(=O)c1cccn(-c2ccc(NC(=O)c3ccccc3Cl)cc2)c1=O. The zero-order chi connectivity index (χ0) is 25.5. The quantitative estimate of drug-likeness (QED) is 0.336. The predicted octanol–water partition coefficient (Wildman–Crippen LogP) is 5.49. The van der Waals surface area contributed by atoms with Gasteiger partial charge in [-0.2, -0.15) is 0 Å². The number of rotatable bonds is 8. The van der Waals surface area contributed by atoms with Crippen molar-refractivity contribution in [2.24, 2.45) is 0 Å². The Labute approximate surface area is 214 Å². The van der Waals surface area contributed by atoms with Gasteiger partial charge in [-0.05, 0) is 73.9 Å². The van der Waals surface area contributed by atoms with Crippen molar-refractivity contribution in [3.63, 3.8) is 0 Å². The van der Waals surface area contributed by atoms with E-state index in [1.54, 1.807) is 60.8 Å². The molecule has 7 heteroatoms. The van der Waals surface area contributed by atoms with Gasteiger partial charge in [-0.15, -0.1) is 0 Å². The van der Waals surface area contributed by atoms with Gasteiger partial charge in [0.25, 0.3) is 17.4 Å². The van der Waals surface area contributed by atoms with Gasteiger partial charge in [0, 0.05) is 23.6 Å². The highest BCUT2D eigenvalue weighted by Gasteiger charge is 2.16. The Morgan fingerprint density at radius 3 is 2.22 bits per heavy atom.